The Kier molecular flexibility index (Phi) is 3.84. The van der Waals surface area contributed by atoms with Crippen molar-refractivity contribution in [2.45, 2.75) is 56.8 Å². The molecule has 1 aromatic rings. The number of hydrogen-bond donors (Lipinski definition) is 1. The molecule has 0 spiro atoms. The summed E-state index contributed by atoms with van der Waals surface area (Å²) in [7, 11) is 0. The molecule has 0 aromatic heterocycles. The molecule has 0 saturated carbocycles. The number of fused-ring (bicyclic) bond motifs is 1. The Labute approximate surface area is 109 Å². The largest absolute Gasteiger partial charge is 0.307 e. The molecule has 0 bridgehead atoms. The first-order valence-electron chi connectivity index (χ1n) is 6.52. The van der Waals surface area contributed by atoms with Gasteiger partial charge in [-0.3, -0.25) is 0 Å². The lowest BCUT2D eigenvalue weighted by atomic mass is 9.90. The van der Waals surface area contributed by atoms with E-state index in [1.807, 2.05) is 11.8 Å². The maximum absolute atomic E-state index is 3.73. The van der Waals surface area contributed by atoms with Crippen molar-refractivity contribution < 1.29 is 0 Å². The number of aryl methyl sites for hydroxylation is 1. The van der Waals surface area contributed by atoms with Crippen LogP contribution in [0, 0.1) is 12.8 Å². The van der Waals surface area contributed by atoms with Gasteiger partial charge in [-0.2, -0.15) is 0 Å². The summed E-state index contributed by atoms with van der Waals surface area (Å²) in [6, 6.07) is 7.89. The van der Waals surface area contributed by atoms with Crippen LogP contribution in [0.5, 0.6) is 0 Å². The molecular weight excluding hydrogens is 226 g/mol. The topological polar surface area (TPSA) is 12.0 Å². The highest BCUT2D eigenvalue weighted by Gasteiger charge is 2.32. The zero-order valence-electron chi connectivity index (χ0n) is 11.4. The molecule has 1 heterocycles. The Hall–Kier alpha value is -0.470. The Bertz CT molecular complexity index is 400. The molecule has 1 aliphatic heterocycles. The third-order valence-electron chi connectivity index (χ3n) is 3.59. The lowest BCUT2D eigenvalue weighted by molar-refractivity contribution is 0.348. The van der Waals surface area contributed by atoms with E-state index in [2.05, 4.69) is 58.1 Å². The van der Waals surface area contributed by atoms with Crippen LogP contribution in [0.15, 0.2) is 23.1 Å². The maximum Gasteiger partial charge on any atom is 0.0369 e. The molecule has 94 valence electrons. The van der Waals surface area contributed by atoms with Crippen molar-refractivity contribution in [1.82, 2.24) is 5.32 Å². The highest BCUT2D eigenvalue weighted by molar-refractivity contribution is 8.00. The van der Waals surface area contributed by atoms with E-state index >= 15 is 0 Å². The van der Waals surface area contributed by atoms with Gasteiger partial charge < -0.3 is 5.32 Å². The van der Waals surface area contributed by atoms with Gasteiger partial charge in [0.2, 0.25) is 0 Å². The average molecular weight is 249 g/mol. The van der Waals surface area contributed by atoms with Crippen molar-refractivity contribution >= 4 is 11.8 Å². The summed E-state index contributed by atoms with van der Waals surface area (Å²) < 4.78 is 0. The van der Waals surface area contributed by atoms with Gasteiger partial charge >= 0.3 is 0 Å². The van der Waals surface area contributed by atoms with Crippen molar-refractivity contribution in [1.29, 1.82) is 0 Å². The molecule has 1 aliphatic rings. The van der Waals surface area contributed by atoms with Crippen LogP contribution < -0.4 is 5.32 Å². The number of thioether (sulfide) groups is 1. The fraction of sp³-hybridized carbons (Fsp3) is 0.600. The number of rotatable bonds is 2. The predicted octanol–water partition coefficient (Wildman–Crippen LogP) is 4.16. The van der Waals surface area contributed by atoms with Crippen molar-refractivity contribution in [3.8, 4) is 0 Å². The molecule has 0 aliphatic carbocycles. The van der Waals surface area contributed by atoms with Crippen LogP contribution >= 0.6 is 11.8 Å². The van der Waals surface area contributed by atoms with E-state index in [9.17, 15) is 0 Å². The third kappa shape index (κ3) is 2.69. The van der Waals surface area contributed by atoms with Crippen molar-refractivity contribution in [3.63, 3.8) is 0 Å². The zero-order chi connectivity index (χ0) is 12.6. The molecule has 0 radical (unpaired) electrons. The lowest BCUT2D eigenvalue weighted by Gasteiger charge is -2.37. The van der Waals surface area contributed by atoms with E-state index in [4.69, 9.17) is 0 Å². The van der Waals surface area contributed by atoms with Crippen LogP contribution in [0.1, 0.15) is 44.9 Å². The van der Waals surface area contributed by atoms with Crippen LogP contribution in [-0.4, -0.2) is 11.3 Å². The summed E-state index contributed by atoms with van der Waals surface area (Å²) >= 11 is 2.02. The zero-order valence-corrected chi connectivity index (χ0v) is 12.3. The molecule has 3 atom stereocenters. The van der Waals surface area contributed by atoms with E-state index in [1.54, 1.807) is 0 Å². The normalized spacial score (nSPS) is 28.2. The average Bonchev–Trinajstić information content (AvgIpc) is 2.25. The highest BCUT2D eigenvalue weighted by Crippen LogP contribution is 2.44. The Morgan fingerprint density at radius 1 is 1.24 bits per heavy atom. The second-order valence-electron chi connectivity index (χ2n) is 5.52. The summed E-state index contributed by atoms with van der Waals surface area (Å²) in [5.41, 5.74) is 2.86. The van der Waals surface area contributed by atoms with Crippen LogP contribution in [-0.2, 0) is 0 Å². The van der Waals surface area contributed by atoms with Gasteiger partial charge in [-0.25, -0.2) is 0 Å². The molecule has 3 unspecified atom stereocenters. The van der Waals surface area contributed by atoms with Crippen LogP contribution in [0.2, 0.25) is 0 Å². The van der Waals surface area contributed by atoms with Gasteiger partial charge in [0, 0.05) is 22.2 Å². The minimum Gasteiger partial charge on any atom is -0.307 e. The molecule has 2 heteroatoms. The molecule has 2 rings (SSSR count). The van der Waals surface area contributed by atoms with Gasteiger partial charge in [-0.05, 0) is 24.5 Å². The van der Waals surface area contributed by atoms with Gasteiger partial charge in [-0.15, -0.1) is 11.8 Å². The maximum atomic E-state index is 3.73. The summed E-state index contributed by atoms with van der Waals surface area (Å²) in [4.78, 5) is 1.46. The van der Waals surface area contributed by atoms with Gasteiger partial charge in [0.15, 0.2) is 0 Å². The standard InChI is InChI=1S/C15H23NS/c1-9(2)16-15-11(4)12(5)17-14-7-6-10(3)8-13(14)15/h6-9,11-12,15-16H,1-5H3. The molecule has 1 N–H and O–H groups in total. The second-order valence-corrected chi connectivity index (χ2v) is 6.94. The van der Waals surface area contributed by atoms with E-state index in [-0.39, 0.29) is 0 Å². The Balaban J connectivity index is 2.39. The molecule has 1 aromatic carbocycles. The lowest BCUT2D eigenvalue weighted by Crippen LogP contribution is -2.38. The second kappa shape index (κ2) is 5.03. The van der Waals surface area contributed by atoms with Crippen molar-refractivity contribution in [3.05, 3.63) is 29.3 Å². The summed E-state index contributed by atoms with van der Waals surface area (Å²) in [5.74, 6) is 0.677. The van der Waals surface area contributed by atoms with E-state index in [0.29, 0.717) is 23.3 Å². The molecule has 0 fully saturated rings. The first-order valence-corrected chi connectivity index (χ1v) is 7.40. The fourth-order valence-electron chi connectivity index (χ4n) is 2.48. The van der Waals surface area contributed by atoms with Gasteiger partial charge in [0.25, 0.3) is 0 Å². The summed E-state index contributed by atoms with van der Waals surface area (Å²) in [6.45, 7) is 11.3. The molecular formula is C15H23NS. The minimum absolute atomic E-state index is 0.501. The number of benzene rings is 1. The van der Waals surface area contributed by atoms with Gasteiger partial charge in [0.05, 0.1) is 0 Å². The predicted molar refractivity (Wildman–Crippen MR) is 76.7 cm³/mol. The molecule has 1 nitrogen and oxygen atoms in total. The highest BCUT2D eigenvalue weighted by atomic mass is 32.2. The SMILES string of the molecule is Cc1ccc2c(c1)C(NC(C)C)C(C)C(C)S2. The van der Waals surface area contributed by atoms with Gasteiger partial charge in [-0.1, -0.05) is 45.4 Å². The molecule has 17 heavy (non-hydrogen) atoms. The van der Waals surface area contributed by atoms with E-state index in [0.717, 1.165) is 0 Å². The van der Waals surface area contributed by atoms with E-state index < -0.39 is 0 Å². The fourth-order valence-corrected chi connectivity index (χ4v) is 3.72. The molecule has 0 amide bonds. The van der Waals surface area contributed by atoms with Crippen LogP contribution in [0.25, 0.3) is 0 Å². The molecule has 0 saturated heterocycles. The number of nitrogens with one attached hydrogen (secondary N) is 1. The Morgan fingerprint density at radius 3 is 2.59 bits per heavy atom. The third-order valence-corrected chi connectivity index (χ3v) is 5.02. The summed E-state index contributed by atoms with van der Waals surface area (Å²) in [6.07, 6.45) is 0. The minimum atomic E-state index is 0.501. The monoisotopic (exact) mass is 249 g/mol. The van der Waals surface area contributed by atoms with Crippen LogP contribution in [0.4, 0.5) is 0 Å². The first-order chi connectivity index (χ1) is 7.99. The first kappa shape index (κ1) is 13.0. The Morgan fingerprint density at radius 2 is 1.94 bits per heavy atom. The van der Waals surface area contributed by atoms with Crippen molar-refractivity contribution in [2.75, 3.05) is 0 Å². The van der Waals surface area contributed by atoms with E-state index in [1.165, 1.54) is 16.0 Å². The van der Waals surface area contributed by atoms with Gasteiger partial charge in [0.1, 0.15) is 0 Å². The quantitative estimate of drug-likeness (QED) is 0.844. The van der Waals surface area contributed by atoms with Crippen LogP contribution in [0.3, 0.4) is 0 Å². The summed E-state index contributed by atoms with van der Waals surface area (Å²) in [5, 5.41) is 4.41. The van der Waals surface area contributed by atoms with Crippen molar-refractivity contribution in [2.24, 2.45) is 5.92 Å². The number of hydrogen-bond acceptors (Lipinski definition) is 2. The smallest absolute Gasteiger partial charge is 0.0369 e.